The molecular weight excluding hydrogens is 234 g/mol. The summed E-state index contributed by atoms with van der Waals surface area (Å²) in [5.74, 6) is 0. The molecule has 0 aliphatic rings. The van der Waals surface area contributed by atoms with Gasteiger partial charge in [0.2, 0.25) is 0 Å². The molecule has 1 atom stereocenters. The topological polar surface area (TPSA) is 20.2 Å². The molecule has 0 amide bonds. The molecule has 2 nitrogen and oxygen atoms in total. The summed E-state index contributed by atoms with van der Waals surface area (Å²) < 4.78 is 0.757. The predicted octanol–water partition coefficient (Wildman–Crippen LogP) is 4.71. The van der Waals surface area contributed by atoms with Crippen LogP contribution in [-0.2, 0) is 0 Å². The molecule has 0 saturated carbocycles. The van der Waals surface area contributed by atoms with Crippen LogP contribution in [0, 0.1) is 0 Å². The Bertz CT molecular complexity index is 192. The van der Waals surface area contributed by atoms with Crippen molar-refractivity contribution in [2.24, 2.45) is 0 Å². The first-order valence-electron chi connectivity index (χ1n) is 8.55. The van der Waals surface area contributed by atoms with Crippen LogP contribution in [0.15, 0.2) is 0 Å². The first-order valence-corrected chi connectivity index (χ1v) is 8.55. The van der Waals surface area contributed by atoms with E-state index in [1.165, 1.54) is 64.2 Å². The fourth-order valence-electron chi connectivity index (χ4n) is 2.65. The maximum Gasteiger partial charge on any atom is 0.189 e. The van der Waals surface area contributed by atoms with Crippen molar-refractivity contribution in [3.05, 3.63) is 0 Å². The van der Waals surface area contributed by atoms with Crippen LogP contribution in [0.5, 0.6) is 0 Å². The zero-order chi connectivity index (χ0) is 14.6. The van der Waals surface area contributed by atoms with Crippen molar-refractivity contribution in [1.82, 2.24) is 0 Å². The summed E-state index contributed by atoms with van der Waals surface area (Å²) in [6.45, 7) is 5.43. The maximum atomic E-state index is 9.90. The second-order valence-electron chi connectivity index (χ2n) is 6.57. The standard InChI is InChI=1S/C17H38NO/c1-5-7-8-9-10-11-12-13-14-15-16-18(3,4)17(19)6-2/h17,19H,5-16H2,1-4H3/q+1. The minimum atomic E-state index is -0.196. The highest BCUT2D eigenvalue weighted by atomic mass is 16.3. The summed E-state index contributed by atoms with van der Waals surface area (Å²) >= 11 is 0. The highest BCUT2D eigenvalue weighted by molar-refractivity contribution is 4.48. The predicted molar refractivity (Wildman–Crippen MR) is 85.1 cm³/mol. The number of rotatable bonds is 13. The van der Waals surface area contributed by atoms with E-state index < -0.39 is 0 Å². The van der Waals surface area contributed by atoms with Crippen molar-refractivity contribution in [2.45, 2.75) is 90.7 Å². The van der Waals surface area contributed by atoms with Gasteiger partial charge in [-0.1, -0.05) is 65.2 Å². The molecule has 0 aromatic carbocycles. The van der Waals surface area contributed by atoms with Crippen molar-refractivity contribution in [3.8, 4) is 0 Å². The largest absolute Gasteiger partial charge is 0.345 e. The summed E-state index contributed by atoms with van der Waals surface area (Å²) in [6.07, 6.45) is 14.5. The van der Waals surface area contributed by atoms with Crippen molar-refractivity contribution in [3.63, 3.8) is 0 Å². The molecule has 0 aromatic heterocycles. The lowest BCUT2D eigenvalue weighted by Gasteiger charge is -2.34. The van der Waals surface area contributed by atoms with Crippen LogP contribution in [0.4, 0.5) is 0 Å². The highest BCUT2D eigenvalue weighted by Crippen LogP contribution is 2.13. The molecule has 0 saturated heterocycles. The Morgan fingerprint density at radius 1 is 0.737 bits per heavy atom. The fraction of sp³-hybridized carbons (Fsp3) is 1.00. The Labute approximate surface area is 121 Å². The van der Waals surface area contributed by atoms with Gasteiger partial charge in [0.15, 0.2) is 6.23 Å². The van der Waals surface area contributed by atoms with Gasteiger partial charge in [-0.3, -0.25) is 0 Å². The molecule has 0 rings (SSSR count). The van der Waals surface area contributed by atoms with Gasteiger partial charge in [0.25, 0.3) is 0 Å². The van der Waals surface area contributed by atoms with Crippen LogP contribution in [0.3, 0.4) is 0 Å². The van der Waals surface area contributed by atoms with Crippen LogP contribution in [-0.4, -0.2) is 36.5 Å². The van der Waals surface area contributed by atoms with Crippen molar-refractivity contribution >= 4 is 0 Å². The number of quaternary nitrogens is 1. The first-order chi connectivity index (χ1) is 9.04. The lowest BCUT2D eigenvalue weighted by Crippen LogP contribution is -2.49. The van der Waals surface area contributed by atoms with Crippen molar-refractivity contribution < 1.29 is 9.59 Å². The van der Waals surface area contributed by atoms with E-state index in [1.807, 2.05) is 0 Å². The number of hydrogen-bond acceptors (Lipinski definition) is 1. The number of unbranched alkanes of at least 4 members (excludes halogenated alkanes) is 9. The van der Waals surface area contributed by atoms with Gasteiger partial charge in [0, 0.05) is 6.42 Å². The molecule has 1 N–H and O–H groups in total. The van der Waals surface area contributed by atoms with Crippen molar-refractivity contribution in [2.75, 3.05) is 20.6 Å². The smallest absolute Gasteiger partial charge is 0.189 e. The van der Waals surface area contributed by atoms with Crippen LogP contribution in [0.25, 0.3) is 0 Å². The van der Waals surface area contributed by atoms with Crippen LogP contribution < -0.4 is 0 Å². The first kappa shape index (κ1) is 18.9. The second kappa shape index (κ2) is 11.7. The lowest BCUT2D eigenvalue weighted by atomic mass is 10.1. The molecule has 19 heavy (non-hydrogen) atoms. The maximum absolute atomic E-state index is 9.90. The monoisotopic (exact) mass is 272 g/mol. The molecule has 0 bridgehead atoms. The molecule has 0 spiro atoms. The van der Waals surface area contributed by atoms with E-state index in [0.29, 0.717) is 0 Å². The highest BCUT2D eigenvalue weighted by Gasteiger charge is 2.22. The van der Waals surface area contributed by atoms with E-state index in [-0.39, 0.29) is 6.23 Å². The Balaban J connectivity index is 3.31. The number of hydrogen-bond donors (Lipinski definition) is 1. The summed E-state index contributed by atoms with van der Waals surface area (Å²) in [7, 11) is 4.28. The van der Waals surface area contributed by atoms with E-state index in [9.17, 15) is 5.11 Å². The third kappa shape index (κ3) is 10.4. The molecule has 0 aliphatic heterocycles. The molecular formula is C17H38NO+. The lowest BCUT2D eigenvalue weighted by molar-refractivity contribution is -0.937. The Kier molecular flexibility index (Phi) is 11.7. The van der Waals surface area contributed by atoms with Gasteiger partial charge < -0.3 is 9.59 Å². The molecule has 0 fully saturated rings. The van der Waals surface area contributed by atoms with Gasteiger partial charge >= 0.3 is 0 Å². The minimum absolute atomic E-state index is 0.196. The Morgan fingerprint density at radius 3 is 1.58 bits per heavy atom. The average Bonchev–Trinajstić information content (AvgIpc) is 2.39. The summed E-state index contributed by atoms with van der Waals surface area (Å²) in [5.41, 5.74) is 0. The molecule has 0 heterocycles. The zero-order valence-electron chi connectivity index (χ0n) is 14.0. The number of aliphatic hydroxyl groups is 1. The van der Waals surface area contributed by atoms with E-state index in [2.05, 4.69) is 27.9 Å². The minimum Gasteiger partial charge on any atom is -0.345 e. The average molecular weight is 272 g/mol. The summed E-state index contributed by atoms with van der Waals surface area (Å²) in [5, 5.41) is 9.90. The summed E-state index contributed by atoms with van der Waals surface area (Å²) in [4.78, 5) is 0. The van der Waals surface area contributed by atoms with Crippen molar-refractivity contribution in [1.29, 1.82) is 0 Å². The normalized spacial score (nSPS) is 13.7. The van der Waals surface area contributed by atoms with Crippen LogP contribution in [0.1, 0.15) is 84.5 Å². The second-order valence-corrected chi connectivity index (χ2v) is 6.57. The van der Waals surface area contributed by atoms with E-state index >= 15 is 0 Å². The van der Waals surface area contributed by atoms with E-state index in [4.69, 9.17) is 0 Å². The van der Waals surface area contributed by atoms with Gasteiger partial charge in [0.1, 0.15) is 0 Å². The molecule has 0 radical (unpaired) electrons. The molecule has 0 aromatic rings. The molecule has 116 valence electrons. The molecule has 1 unspecified atom stereocenters. The van der Waals surface area contributed by atoms with E-state index in [0.717, 1.165) is 17.4 Å². The van der Waals surface area contributed by atoms with Gasteiger partial charge in [-0.05, 0) is 12.8 Å². The SMILES string of the molecule is CCCCCCCCCCCC[N+](C)(C)C(O)CC. The third-order valence-electron chi connectivity index (χ3n) is 4.26. The fourth-order valence-corrected chi connectivity index (χ4v) is 2.65. The zero-order valence-corrected chi connectivity index (χ0v) is 14.0. The van der Waals surface area contributed by atoms with Gasteiger partial charge in [-0.15, -0.1) is 0 Å². The Morgan fingerprint density at radius 2 is 1.16 bits per heavy atom. The van der Waals surface area contributed by atoms with Gasteiger partial charge in [-0.2, -0.15) is 0 Å². The quantitative estimate of drug-likeness (QED) is 0.292. The van der Waals surface area contributed by atoms with Crippen LogP contribution >= 0.6 is 0 Å². The number of nitrogens with zero attached hydrogens (tertiary/aromatic N) is 1. The van der Waals surface area contributed by atoms with Gasteiger partial charge in [-0.25, -0.2) is 0 Å². The van der Waals surface area contributed by atoms with Crippen LogP contribution in [0.2, 0.25) is 0 Å². The van der Waals surface area contributed by atoms with E-state index in [1.54, 1.807) is 0 Å². The molecule has 0 aliphatic carbocycles. The molecule has 2 heteroatoms. The third-order valence-corrected chi connectivity index (χ3v) is 4.26. The number of aliphatic hydroxyl groups excluding tert-OH is 1. The van der Waals surface area contributed by atoms with Gasteiger partial charge in [0.05, 0.1) is 20.6 Å². The Hall–Kier alpha value is -0.0800. The summed E-state index contributed by atoms with van der Waals surface area (Å²) in [6, 6.07) is 0.